The lowest BCUT2D eigenvalue weighted by atomic mass is 9.97. The maximum absolute atomic E-state index is 6.14. The highest BCUT2D eigenvalue weighted by molar-refractivity contribution is 6.30. The highest BCUT2D eigenvalue weighted by Gasteiger charge is 2.17. The fraction of sp³-hybridized carbons (Fsp3) is 0.538. The van der Waals surface area contributed by atoms with Crippen LogP contribution in [0.1, 0.15) is 49.8 Å². The molecular formula is C13H18ClN. The van der Waals surface area contributed by atoms with Gasteiger partial charge in [0, 0.05) is 11.1 Å². The normalized spacial score (nSPS) is 21.2. The van der Waals surface area contributed by atoms with Crippen molar-refractivity contribution in [1.82, 2.24) is 5.32 Å². The van der Waals surface area contributed by atoms with Crippen LogP contribution >= 0.6 is 11.6 Å². The molecule has 0 radical (unpaired) electrons. The third-order valence-electron chi connectivity index (χ3n) is 3.07. The van der Waals surface area contributed by atoms with E-state index in [1.165, 1.54) is 24.0 Å². The quantitative estimate of drug-likeness (QED) is 0.802. The molecule has 1 heterocycles. The summed E-state index contributed by atoms with van der Waals surface area (Å²) in [4.78, 5) is 0. The highest BCUT2D eigenvalue weighted by Crippen LogP contribution is 2.29. The van der Waals surface area contributed by atoms with Crippen LogP contribution < -0.4 is 5.32 Å². The molecule has 82 valence electrons. The minimum absolute atomic E-state index is 0.515. The Kier molecular flexibility index (Phi) is 3.32. The zero-order chi connectivity index (χ0) is 10.8. The van der Waals surface area contributed by atoms with Gasteiger partial charge in [-0.2, -0.15) is 0 Å². The molecule has 0 spiro atoms. The first-order chi connectivity index (χ1) is 7.16. The van der Waals surface area contributed by atoms with Gasteiger partial charge in [0.1, 0.15) is 0 Å². The first-order valence-electron chi connectivity index (χ1n) is 5.70. The van der Waals surface area contributed by atoms with Gasteiger partial charge in [-0.05, 0) is 48.6 Å². The molecule has 1 fully saturated rings. The van der Waals surface area contributed by atoms with E-state index in [1.54, 1.807) is 0 Å². The van der Waals surface area contributed by atoms with Gasteiger partial charge >= 0.3 is 0 Å². The molecule has 0 saturated carbocycles. The second kappa shape index (κ2) is 4.54. The zero-order valence-corrected chi connectivity index (χ0v) is 10.1. The van der Waals surface area contributed by atoms with E-state index in [-0.39, 0.29) is 0 Å². The van der Waals surface area contributed by atoms with Crippen molar-refractivity contribution in [2.24, 2.45) is 0 Å². The van der Waals surface area contributed by atoms with Crippen LogP contribution in [0.4, 0.5) is 0 Å². The van der Waals surface area contributed by atoms with Gasteiger partial charge in [-0.25, -0.2) is 0 Å². The third kappa shape index (κ3) is 2.53. The molecule has 1 atom stereocenters. The van der Waals surface area contributed by atoms with Gasteiger partial charge in [0.2, 0.25) is 0 Å². The third-order valence-corrected chi connectivity index (χ3v) is 3.29. The lowest BCUT2D eigenvalue weighted by Crippen LogP contribution is -2.13. The largest absolute Gasteiger partial charge is 0.310 e. The fourth-order valence-corrected chi connectivity index (χ4v) is 2.39. The van der Waals surface area contributed by atoms with Gasteiger partial charge in [-0.15, -0.1) is 0 Å². The van der Waals surface area contributed by atoms with Crippen molar-refractivity contribution in [3.8, 4) is 0 Å². The number of hydrogen-bond acceptors (Lipinski definition) is 1. The van der Waals surface area contributed by atoms with Crippen LogP contribution in [0.2, 0.25) is 5.02 Å². The van der Waals surface area contributed by atoms with Crippen molar-refractivity contribution in [2.75, 3.05) is 6.54 Å². The predicted octanol–water partition coefficient (Wildman–Crippen LogP) is 3.89. The lowest BCUT2D eigenvalue weighted by molar-refractivity contribution is 0.646. The molecule has 0 amide bonds. The highest BCUT2D eigenvalue weighted by atomic mass is 35.5. The summed E-state index contributed by atoms with van der Waals surface area (Å²) in [6.45, 7) is 5.54. The van der Waals surface area contributed by atoms with Crippen LogP contribution in [0.25, 0.3) is 0 Å². The van der Waals surface area contributed by atoms with Crippen LogP contribution in [0.15, 0.2) is 18.2 Å². The van der Waals surface area contributed by atoms with Gasteiger partial charge in [0.15, 0.2) is 0 Å². The van der Waals surface area contributed by atoms with Gasteiger partial charge in [0.25, 0.3) is 0 Å². The van der Waals surface area contributed by atoms with Crippen molar-refractivity contribution in [1.29, 1.82) is 0 Å². The summed E-state index contributed by atoms with van der Waals surface area (Å²) in [6.07, 6.45) is 2.51. The molecule has 2 rings (SSSR count). The van der Waals surface area contributed by atoms with Gasteiger partial charge < -0.3 is 5.32 Å². The molecule has 0 aromatic heterocycles. The molecule has 0 bridgehead atoms. The zero-order valence-electron chi connectivity index (χ0n) is 9.39. The SMILES string of the molecule is CC(C)c1cc(Cl)cc(C2CCCN2)c1. The van der Waals surface area contributed by atoms with E-state index >= 15 is 0 Å². The molecule has 2 heteroatoms. The first-order valence-corrected chi connectivity index (χ1v) is 6.08. The minimum Gasteiger partial charge on any atom is -0.310 e. The van der Waals surface area contributed by atoms with Crippen molar-refractivity contribution in [2.45, 2.75) is 38.6 Å². The average Bonchev–Trinajstić information content (AvgIpc) is 2.69. The van der Waals surface area contributed by atoms with Crippen molar-refractivity contribution < 1.29 is 0 Å². The van der Waals surface area contributed by atoms with Gasteiger partial charge in [-0.1, -0.05) is 31.5 Å². The maximum Gasteiger partial charge on any atom is 0.0412 e. The summed E-state index contributed by atoms with van der Waals surface area (Å²) in [5.74, 6) is 0.545. The lowest BCUT2D eigenvalue weighted by Gasteiger charge is -2.14. The standard InChI is InChI=1S/C13H18ClN/c1-9(2)10-6-11(8-12(14)7-10)13-4-3-5-15-13/h6-9,13,15H,3-5H2,1-2H3. The fourth-order valence-electron chi connectivity index (χ4n) is 2.14. The monoisotopic (exact) mass is 223 g/mol. The van der Waals surface area contributed by atoms with E-state index in [0.717, 1.165) is 11.6 Å². The van der Waals surface area contributed by atoms with Crippen molar-refractivity contribution in [3.05, 3.63) is 34.3 Å². The van der Waals surface area contributed by atoms with Crippen LogP contribution in [-0.4, -0.2) is 6.54 Å². The molecule has 1 unspecified atom stereocenters. The second-order valence-corrected chi connectivity index (χ2v) is 5.06. The Morgan fingerprint density at radius 3 is 2.73 bits per heavy atom. The summed E-state index contributed by atoms with van der Waals surface area (Å²) >= 11 is 6.14. The van der Waals surface area contributed by atoms with E-state index in [1.807, 2.05) is 0 Å². The van der Waals surface area contributed by atoms with Crippen molar-refractivity contribution in [3.63, 3.8) is 0 Å². The summed E-state index contributed by atoms with van der Waals surface area (Å²) in [7, 11) is 0. The summed E-state index contributed by atoms with van der Waals surface area (Å²) in [5, 5.41) is 4.37. The number of halogens is 1. The van der Waals surface area contributed by atoms with E-state index in [0.29, 0.717) is 12.0 Å². The molecule has 1 nitrogen and oxygen atoms in total. The molecule has 1 saturated heterocycles. The summed E-state index contributed by atoms with van der Waals surface area (Å²) < 4.78 is 0. The smallest absolute Gasteiger partial charge is 0.0412 e. The number of rotatable bonds is 2. The van der Waals surface area contributed by atoms with E-state index in [9.17, 15) is 0 Å². The molecular weight excluding hydrogens is 206 g/mol. The maximum atomic E-state index is 6.14. The predicted molar refractivity (Wildman–Crippen MR) is 65.5 cm³/mol. The first kappa shape index (κ1) is 11.0. The number of hydrogen-bond donors (Lipinski definition) is 1. The topological polar surface area (TPSA) is 12.0 Å². The van der Waals surface area contributed by atoms with Gasteiger partial charge in [0.05, 0.1) is 0 Å². The molecule has 1 aromatic rings. The number of nitrogens with one attached hydrogen (secondary N) is 1. The Hall–Kier alpha value is -0.530. The minimum atomic E-state index is 0.515. The second-order valence-electron chi connectivity index (χ2n) is 4.62. The Morgan fingerprint density at radius 2 is 2.13 bits per heavy atom. The van der Waals surface area contributed by atoms with Gasteiger partial charge in [-0.3, -0.25) is 0 Å². The molecule has 1 N–H and O–H groups in total. The van der Waals surface area contributed by atoms with Crippen LogP contribution in [0.3, 0.4) is 0 Å². The molecule has 1 aliphatic rings. The van der Waals surface area contributed by atoms with E-state index in [4.69, 9.17) is 11.6 Å². The molecule has 1 aromatic carbocycles. The van der Waals surface area contributed by atoms with Crippen molar-refractivity contribution >= 4 is 11.6 Å². The van der Waals surface area contributed by atoms with E-state index in [2.05, 4.69) is 37.4 Å². The number of benzene rings is 1. The Morgan fingerprint density at radius 1 is 1.33 bits per heavy atom. The summed E-state index contributed by atoms with van der Waals surface area (Å²) in [5.41, 5.74) is 2.69. The Balaban J connectivity index is 2.30. The average molecular weight is 224 g/mol. The van der Waals surface area contributed by atoms with Crippen LogP contribution in [-0.2, 0) is 0 Å². The van der Waals surface area contributed by atoms with E-state index < -0.39 is 0 Å². The molecule has 1 aliphatic heterocycles. The summed E-state index contributed by atoms with van der Waals surface area (Å²) in [6, 6.07) is 6.97. The molecule has 15 heavy (non-hydrogen) atoms. The Bertz CT molecular complexity index is 340. The molecule has 0 aliphatic carbocycles. The Labute approximate surface area is 96.8 Å². The van der Waals surface area contributed by atoms with Crippen LogP contribution in [0.5, 0.6) is 0 Å². The van der Waals surface area contributed by atoms with Crippen LogP contribution in [0, 0.1) is 0 Å².